The van der Waals surface area contributed by atoms with Crippen molar-refractivity contribution in [1.82, 2.24) is 14.3 Å². The lowest BCUT2D eigenvalue weighted by molar-refractivity contribution is 0.0697. The van der Waals surface area contributed by atoms with E-state index in [1.165, 1.54) is 12.1 Å². The lowest BCUT2D eigenvalue weighted by Crippen LogP contribution is -2.45. The second-order valence-electron chi connectivity index (χ2n) is 5.64. The Balaban J connectivity index is 2.38. The van der Waals surface area contributed by atoms with Crippen molar-refractivity contribution in [3.8, 4) is 0 Å². The molecule has 21 heavy (non-hydrogen) atoms. The summed E-state index contributed by atoms with van der Waals surface area (Å²) in [5.41, 5.74) is 0.757. The van der Waals surface area contributed by atoms with Gasteiger partial charge in [0, 0.05) is 12.1 Å². The number of aromatic carboxylic acids is 1. The summed E-state index contributed by atoms with van der Waals surface area (Å²) >= 11 is 0. The second kappa shape index (κ2) is 5.12. The maximum absolute atomic E-state index is 11.4. The van der Waals surface area contributed by atoms with E-state index in [9.17, 15) is 13.2 Å². The van der Waals surface area contributed by atoms with Crippen LogP contribution < -0.4 is 4.72 Å². The van der Waals surface area contributed by atoms with Crippen LogP contribution in [0, 0.1) is 0 Å². The number of carbonyl (C=O) groups is 1. The van der Waals surface area contributed by atoms with E-state index in [1.54, 1.807) is 30.8 Å². The standard InChI is InChI=1S/C13H17N3O4S/c1-13(2,15-21(3,19)20)7-16-8-14-10-5-4-9(12(17)18)6-11(10)16/h4-6,8,15H,7H2,1-3H3,(H,17,18). The average Bonchev–Trinajstić information content (AvgIpc) is 2.67. The smallest absolute Gasteiger partial charge is 0.335 e. The van der Waals surface area contributed by atoms with Crippen LogP contribution in [-0.2, 0) is 16.6 Å². The molecular weight excluding hydrogens is 294 g/mol. The zero-order valence-electron chi connectivity index (χ0n) is 12.0. The average molecular weight is 311 g/mol. The number of nitrogens with one attached hydrogen (secondary N) is 1. The fourth-order valence-electron chi connectivity index (χ4n) is 2.28. The molecule has 0 fully saturated rings. The molecule has 0 saturated carbocycles. The number of rotatable bonds is 5. The Labute approximate surface area is 122 Å². The number of carboxylic acid groups (broad SMARTS) is 1. The number of benzene rings is 1. The van der Waals surface area contributed by atoms with Gasteiger partial charge in [-0.3, -0.25) is 0 Å². The van der Waals surface area contributed by atoms with E-state index in [-0.39, 0.29) is 5.56 Å². The van der Waals surface area contributed by atoms with Crippen molar-refractivity contribution in [2.45, 2.75) is 25.9 Å². The lowest BCUT2D eigenvalue weighted by Gasteiger charge is -2.25. The minimum Gasteiger partial charge on any atom is -0.478 e. The number of aromatic nitrogens is 2. The largest absolute Gasteiger partial charge is 0.478 e. The van der Waals surface area contributed by atoms with Gasteiger partial charge in [0.15, 0.2) is 0 Å². The van der Waals surface area contributed by atoms with Crippen LogP contribution in [0.15, 0.2) is 24.5 Å². The molecule has 0 atom stereocenters. The molecule has 1 aromatic heterocycles. The van der Waals surface area contributed by atoms with E-state index >= 15 is 0 Å². The fraction of sp³-hybridized carbons (Fsp3) is 0.385. The molecule has 2 aromatic rings. The normalized spacial score (nSPS) is 12.7. The first-order chi connectivity index (χ1) is 9.57. The van der Waals surface area contributed by atoms with Crippen molar-refractivity contribution in [1.29, 1.82) is 0 Å². The number of hydrogen-bond donors (Lipinski definition) is 2. The molecule has 2 N–H and O–H groups in total. The van der Waals surface area contributed by atoms with Crippen LogP contribution in [0.4, 0.5) is 0 Å². The molecule has 7 nitrogen and oxygen atoms in total. The Morgan fingerprint density at radius 2 is 2.10 bits per heavy atom. The Hall–Kier alpha value is -1.93. The van der Waals surface area contributed by atoms with Gasteiger partial charge < -0.3 is 9.67 Å². The Kier molecular flexibility index (Phi) is 3.77. The van der Waals surface area contributed by atoms with Crippen molar-refractivity contribution >= 4 is 27.0 Å². The lowest BCUT2D eigenvalue weighted by atomic mass is 10.1. The predicted octanol–water partition coefficient (Wildman–Crippen LogP) is 1.06. The SMILES string of the molecule is CC(C)(Cn1cnc2ccc(C(=O)O)cc21)NS(C)(=O)=O. The van der Waals surface area contributed by atoms with E-state index in [1.807, 2.05) is 0 Å². The van der Waals surface area contributed by atoms with Gasteiger partial charge >= 0.3 is 5.97 Å². The molecule has 0 amide bonds. The van der Waals surface area contributed by atoms with E-state index in [2.05, 4.69) is 9.71 Å². The highest BCUT2D eigenvalue weighted by Crippen LogP contribution is 2.18. The third kappa shape index (κ3) is 3.79. The first-order valence-electron chi connectivity index (χ1n) is 6.24. The summed E-state index contributed by atoms with van der Waals surface area (Å²) in [4.78, 5) is 15.2. The highest BCUT2D eigenvalue weighted by atomic mass is 32.2. The molecule has 0 saturated heterocycles. The van der Waals surface area contributed by atoms with Crippen molar-refractivity contribution in [3.05, 3.63) is 30.1 Å². The van der Waals surface area contributed by atoms with Crippen LogP contribution in [0.5, 0.6) is 0 Å². The number of hydrogen-bond acceptors (Lipinski definition) is 4. The third-order valence-corrected chi connectivity index (χ3v) is 3.82. The summed E-state index contributed by atoms with van der Waals surface area (Å²) < 4.78 is 27.0. The summed E-state index contributed by atoms with van der Waals surface area (Å²) in [5, 5.41) is 9.04. The molecule has 8 heteroatoms. The minimum absolute atomic E-state index is 0.165. The van der Waals surface area contributed by atoms with Gasteiger partial charge in [0.25, 0.3) is 0 Å². The van der Waals surface area contributed by atoms with Crippen molar-refractivity contribution in [3.63, 3.8) is 0 Å². The van der Waals surface area contributed by atoms with Gasteiger partial charge in [-0.2, -0.15) is 0 Å². The minimum atomic E-state index is -3.34. The van der Waals surface area contributed by atoms with Gasteiger partial charge in [0.2, 0.25) is 10.0 Å². The van der Waals surface area contributed by atoms with Crippen molar-refractivity contribution in [2.75, 3.05) is 6.26 Å². The second-order valence-corrected chi connectivity index (χ2v) is 7.39. The molecular formula is C13H17N3O4S. The van der Waals surface area contributed by atoms with Crippen LogP contribution in [0.3, 0.4) is 0 Å². The molecule has 0 radical (unpaired) electrons. The third-order valence-electron chi connectivity index (χ3n) is 2.90. The molecule has 0 aliphatic rings. The monoisotopic (exact) mass is 311 g/mol. The first-order valence-corrected chi connectivity index (χ1v) is 8.14. The molecule has 1 aromatic carbocycles. The predicted molar refractivity (Wildman–Crippen MR) is 78.8 cm³/mol. The van der Waals surface area contributed by atoms with Gasteiger partial charge in [-0.1, -0.05) is 0 Å². The maximum atomic E-state index is 11.4. The Morgan fingerprint density at radius 1 is 1.43 bits per heavy atom. The van der Waals surface area contributed by atoms with E-state index in [0.29, 0.717) is 17.6 Å². The number of imidazole rings is 1. The van der Waals surface area contributed by atoms with Gasteiger partial charge in [0.1, 0.15) is 0 Å². The maximum Gasteiger partial charge on any atom is 0.335 e. The topological polar surface area (TPSA) is 101 Å². The number of fused-ring (bicyclic) bond motifs is 1. The van der Waals surface area contributed by atoms with E-state index in [0.717, 1.165) is 6.26 Å². The quantitative estimate of drug-likeness (QED) is 0.860. The molecule has 0 aliphatic carbocycles. The summed E-state index contributed by atoms with van der Waals surface area (Å²) in [7, 11) is -3.34. The van der Waals surface area contributed by atoms with E-state index in [4.69, 9.17) is 5.11 Å². The molecule has 114 valence electrons. The van der Waals surface area contributed by atoms with Crippen LogP contribution in [0.25, 0.3) is 11.0 Å². The first kappa shape index (κ1) is 15.5. The summed E-state index contributed by atoms with van der Waals surface area (Å²) in [6.07, 6.45) is 2.67. The van der Waals surface area contributed by atoms with Crippen LogP contribution >= 0.6 is 0 Å². The fourth-order valence-corrected chi connectivity index (χ4v) is 3.34. The Morgan fingerprint density at radius 3 is 2.67 bits per heavy atom. The van der Waals surface area contributed by atoms with Gasteiger partial charge in [-0.25, -0.2) is 22.9 Å². The zero-order valence-corrected chi connectivity index (χ0v) is 12.8. The molecule has 0 aliphatic heterocycles. The summed E-state index contributed by atoms with van der Waals surface area (Å²) in [6.45, 7) is 3.83. The van der Waals surface area contributed by atoms with Crippen LogP contribution in [-0.4, -0.2) is 40.8 Å². The van der Waals surface area contributed by atoms with Crippen molar-refractivity contribution < 1.29 is 18.3 Å². The number of sulfonamides is 1. The van der Waals surface area contributed by atoms with Crippen LogP contribution in [0.2, 0.25) is 0 Å². The molecule has 0 bridgehead atoms. The summed E-state index contributed by atoms with van der Waals surface area (Å²) in [5.74, 6) is -1.02. The van der Waals surface area contributed by atoms with Crippen LogP contribution in [0.1, 0.15) is 24.2 Å². The van der Waals surface area contributed by atoms with E-state index < -0.39 is 21.5 Å². The van der Waals surface area contributed by atoms with Gasteiger partial charge in [0.05, 0.1) is 29.2 Å². The molecule has 0 unspecified atom stereocenters. The van der Waals surface area contributed by atoms with Gasteiger partial charge in [-0.15, -0.1) is 0 Å². The molecule has 1 heterocycles. The molecule has 2 rings (SSSR count). The molecule has 0 spiro atoms. The summed E-state index contributed by atoms with van der Waals surface area (Å²) in [6, 6.07) is 4.65. The van der Waals surface area contributed by atoms with Gasteiger partial charge in [-0.05, 0) is 32.0 Å². The number of carboxylic acids is 1. The zero-order chi connectivity index (χ0) is 15.8. The van der Waals surface area contributed by atoms with Crippen molar-refractivity contribution in [2.24, 2.45) is 0 Å². The highest BCUT2D eigenvalue weighted by molar-refractivity contribution is 7.88. The highest BCUT2D eigenvalue weighted by Gasteiger charge is 2.23. The Bertz CT molecular complexity index is 793. The number of nitrogens with zero attached hydrogens (tertiary/aromatic N) is 2.